The Balaban J connectivity index is 1.53. The van der Waals surface area contributed by atoms with Crippen molar-refractivity contribution in [3.05, 3.63) is 76.7 Å². The van der Waals surface area contributed by atoms with Crippen molar-refractivity contribution in [2.24, 2.45) is 0 Å². The Labute approximate surface area is 180 Å². The quantitative estimate of drug-likeness (QED) is 0.498. The molecule has 0 spiro atoms. The number of ether oxygens (including phenoxy) is 2. The lowest BCUT2D eigenvalue weighted by Gasteiger charge is -2.27. The number of aromatic nitrogens is 3. The van der Waals surface area contributed by atoms with E-state index in [1.54, 1.807) is 14.2 Å². The summed E-state index contributed by atoms with van der Waals surface area (Å²) in [6.45, 7) is 2.52. The van der Waals surface area contributed by atoms with Crippen LogP contribution in [-0.4, -0.2) is 46.8 Å². The highest BCUT2D eigenvalue weighted by Gasteiger charge is 2.42. The summed E-state index contributed by atoms with van der Waals surface area (Å²) in [5, 5.41) is 8.46. The number of nitrogens with zero attached hydrogens (tertiary/aromatic N) is 2. The van der Waals surface area contributed by atoms with Crippen molar-refractivity contribution in [2.75, 3.05) is 20.8 Å². The summed E-state index contributed by atoms with van der Waals surface area (Å²) in [7, 11) is 3.26. The van der Waals surface area contributed by atoms with E-state index in [9.17, 15) is 4.79 Å². The van der Waals surface area contributed by atoms with Gasteiger partial charge in [0.1, 0.15) is 11.5 Å². The van der Waals surface area contributed by atoms with Crippen LogP contribution in [0.25, 0.3) is 10.9 Å². The third kappa shape index (κ3) is 3.04. The van der Waals surface area contributed by atoms with Gasteiger partial charge in [0.25, 0.3) is 5.91 Å². The van der Waals surface area contributed by atoms with Crippen LogP contribution in [0, 0.1) is 6.92 Å². The summed E-state index contributed by atoms with van der Waals surface area (Å²) in [5.74, 6) is 1.32. The molecule has 5 rings (SSSR count). The molecular formula is C24H24N4O3. The summed E-state index contributed by atoms with van der Waals surface area (Å²) in [4.78, 5) is 18.5. The smallest absolute Gasteiger partial charge is 0.275 e. The van der Waals surface area contributed by atoms with E-state index in [0.29, 0.717) is 23.7 Å². The Bertz CT molecular complexity index is 1270. The number of amides is 1. The van der Waals surface area contributed by atoms with Gasteiger partial charge < -0.3 is 19.4 Å². The zero-order valence-corrected chi connectivity index (χ0v) is 17.7. The number of aryl methyl sites for hydroxylation is 1. The minimum absolute atomic E-state index is 0.0675. The topological polar surface area (TPSA) is 83.2 Å². The Hall–Kier alpha value is -3.74. The number of carbonyl (C=O) groups is 1. The molecule has 7 nitrogen and oxygen atoms in total. The lowest BCUT2D eigenvalue weighted by atomic mass is 9.97. The summed E-state index contributed by atoms with van der Waals surface area (Å²) in [6.07, 6.45) is 2.76. The maximum absolute atomic E-state index is 13.3. The molecule has 0 saturated heterocycles. The maximum Gasteiger partial charge on any atom is 0.275 e. The fourth-order valence-corrected chi connectivity index (χ4v) is 4.52. The van der Waals surface area contributed by atoms with E-state index in [2.05, 4.69) is 27.3 Å². The predicted octanol–water partition coefficient (Wildman–Crippen LogP) is 4.00. The van der Waals surface area contributed by atoms with Crippen LogP contribution in [0.5, 0.6) is 11.5 Å². The van der Waals surface area contributed by atoms with Crippen molar-refractivity contribution in [1.82, 2.24) is 20.1 Å². The van der Waals surface area contributed by atoms with Crippen LogP contribution in [0.3, 0.4) is 0 Å². The van der Waals surface area contributed by atoms with Gasteiger partial charge in [-0.15, -0.1) is 0 Å². The highest BCUT2D eigenvalue weighted by Crippen LogP contribution is 2.43. The average molecular weight is 416 g/mol. The van der Waals surface area contributed by atoms with Gasteiger partial charge in [-0.3, -0.25) is 9.89 Å². The van der Waals surface area contributed by atoms with Crippen molar-refractivity contribution in [3.8, 4) is 11.5 Å². The molecule has 1 aliphatic rings. The van der Waals surface area contributed by atoms with Gasteiger partial charge in [0.2, 0.25) is 0 Å². The molecule has 0 fully saturated rings. The number of nitrogens with one attached hydrogen (secondary N) is 2. The molecule has 0 unspecified atom stereocenters. The minimum Gasteiger partial charge on any atom is -0.497 e. The first-order chi connectivity index (χ1) is 15.1. The number of rotatable bonds is 6. The predicted molar refractivity (Wildman–Crippen MR) is 118 cm³/mol. The van der Waals surface area contributed by atoms with Crippen LogP contribution < -0.4 is 9.47 Å². The van der Waals surface area contributed by atoms with Gasteiger partial charge in [-0.1, -0.05) is 18.2 Å². The summed E-state index contributed by atoms with van der Waals surface area (Å²) < 4.78 is 11.0. The molecule has 1 amide bonds. The second-order valence-electron chi connectivity index (χ2n) is 7.73. The molecule has 0 radical (unpaired) electrons. The average Bonchev–Trinajstić information content (AvgIpc) is 3.46. The first-order valence-electron chi connectivity index (χ1n) is 10.2. The summed E-state index contributed by atoms with van der Waals surface area (Å²) >= 11 is 0. The maximum atomic E-state index is 13.3. The highest BCUT2D eigenvalue weighted by molar-refractivity contribution is 5.98. The third-order valence-corrected chi connectivity index (χ3v) is 6.08. The van der Waals surface area contributed by atoms with E-state index >= 15 is 0 Å². The van der Waals surface area contributed by atoms with Crippen LogP contribution in [0.2, 0.25) is 0 Å². The lowest BCUT2D eigenvalue weighted by molar-refractivity contribution is 0.0744. The Morgan fingerprint density at radius 2 is 1.97 bits per heavy atom. The zero-order chi connectivity index (χ0) is 21.5. The molecule has 4 aromatic rings. The highest BCUT2D eigenvalue weighted by atomic mass is 16.5. The number of hydrogen-bond acceptors (Lipinski definition) is 4. The molecule has 158 valence electrons. The summed E-state index contributed by atoms with van der Waals surface area (Å²) in [6, 6.07) is 13.7. The number of fused-ring (bicyclic) bond motifs is 2. The molecule has 1 atom stereocenters. The van der Waals surface area contributed by atoms with Gasteiger partial charge in [-0.05, 0) is 37.1 Å². The van der Waals surface area contributed by atoms with E-state index < -0.39 is 0 Å². The van der Waals surface area contributed by atoms with E-state index in [1.807, 2.05) is 48.4 Å². The number of para-hydroxylation sites is 1. The van der Waals surface area contributed by atoms with Gasteiger partial charge in [0.15, 0.2) is 5.69 Å². The third-order valence-electron chi connectivity index (χ3n) is 6.08. The number of carbonyl (C=O) groups excluding carboxylic acids is 1. The molecule has 2 aromatic carbocycles. The lowest BCUT2D eigenvalue weighted by Crippen LogP contribution is -2.31. The minimum atomic E-state index is -0.271. The normalized spacial score (nSPS) is 15.5. The van der Waals surface area contributed by atoms with E-state index in [0.717, 1.165) is 28.8 Å². The number of aromatic amines is 2. The van der Waals surface area contributed by atoms with Crippen LogP contribution in [0.1, 0.15) is 38.9 Å². The van der Waals surface area contributed by atoms with Crippen LogP contribution >= 0.6 is 0 Å². The fraction of sp³-hybridized carbons (Fsp3) is 0.250. The monoisotopic (exact) mass is 416 g/mol. The van der Waals surface area contributed by atoms with Gasteiger partial charge in [-0.25, -0.2) is 0 Å². The first kappa shape index (κ1) is 19.2. The first-order valence-corrected chi connectivity index (χ1v) is 10.2. The fourth-order valence-electron chi connectivity index (χ4n) is 4.52. The standard InChI is InChI=1S/C24H24N4O3/c1-14-21-22(27-26-14)24(29)28(11-10-15-13-25-19-7-5-4-6-17(15)19)23(21)18-9-8-16(30-2)12-20(18)31-3/h4-9,12-13,23,25H,10-11H2,1-3H3,(H,26,27)/t23-/m1/s1. The number of hydrogen-bond donors (Lipinski definition) is 2. The number of H-pyrrole nitrogens is 2. The molecular weight excluding hydrogens is 392 g/mol. The SMILES string of the molecule is COc1ccc([C@@H]2c3c(n[nH]c3C)C(=O)N2CCc2c[nH]c3ccccc23)c(OC)c1. The Morgan fingerprint density at radius 3 is 2.77 bits per heavy atom. The molecule has 7 heteroatoms. The molecule has 31 heavy (non-hydrogen) atoms. The van der Waals surface area contributed by atoms with E-state index in [-0.39, 0.29) is 11.9 Å². The molecule has 1 aliphatic heterocycles. The second kappa shape index (κ2) is 7.50. The summed E-state index contributed by atoms with van der Waals surface area (Å²) in [5.41, 5.74) is 5.49. The molecule has 0 aliphatic carbocycles. The Morgan fingerprint density at radius 1 is 1.13 bits per heavy atom. The largest absolute Gasteiger partial charge is 0.497 e. The van der Waals surface area contributed by atoms with Gasteiger partial charge in [0.05, 0.1) is 20.3 Å². The Kier molecular flexibility index (Phi) is 4.66. The van der Waals surface area contributed by atoms with Gasteiger partial charge in [-0.2, -0.15) is 5.10 Å². The van der Waals surface area contributed by atoms with Gasteiger partial charge >= 0.3 is 0 Å². The van der Waals surface area contributed by atoms with Crippen molar-refractivity contribution in [2.45, 2.75) is 19.4 Å². The van der Waals surface area contributed by atoms with Gasteiger partial charge in [0, 0.05) is 46.5 Å². The van der Waals surface area contributed by atoms with Crippen LogP contribution in [0.4, 0.5) is 0 Å². The number of benzene rings is 2. The van der Waals surface area contributed by atoms with Crippen molar-refractivity contribution < 1.29 is 14.3 Å². The zero-order valence-electron chi connectivity index (χ0n) is 17.7. The molecule has 2 aromatic heterocycles. The van der Waals surface area contributed by atoms with Crippen molar-refractivity contribution in [3.63, 3.8) is 0 Å². The van der Waals surface area contributed by atoms with Crippen LogP contribution in [0.15, 0.2) is 48.7 Å². The second-order valence-corrected chi connectivity index (χ2v) is 7.73. The van der Waals surface area contributed by atoms with E-state index in [1.165, 1.54) is 10.9 Å². The number of methoxy groups -OCH3 is 2. The van der Waals surface area contributed by atoms with Crippen molar-refractivity contribution >= 4 is 16.8 Å². The molecule has 3 heterocycles. The van der Waals surface area contributed by atoms with Crippen LogP contribution in [-0.2, 0) is 6.42 Å². The molecule has 0 saturated carbocycles. The van der Waals surface area contributed by atoms with E-state index in [4.69, 9.17) is 9.47 Å². The molecule has 0 bridgehead atoms. The molecule has 2 N–H and O–H groups in total. The van der Waals surface area contributed by atoms with Crippen molar-refractivity contribution in [1.29, 1.82) is 0 Å².